The van der Waals surface area contributed by atoms with Crippen LogP contribution in [0.1, 0.15) is 85.4 Å². The van der Waals surface area contributed by atoms with Crippen LogP contribution in [0.25, 0.3) is 11.1 Å². The van der Waals surface area contributed by atoms with E-state index in [9.17, 15) is 28.8 Å². The number of anilines is 7. The monoisotopic (exact) mass is 1410 g/mol. The van der Waals surface area contributed by atoms with Crippen LogP contribution in [0.4, 0.5) is 40.2 Å². The number of hydrogen-bond acceptors (Lipinski definition) is 19. The molecular weight excluding hydrogens is 1340 g/mol. The fourth-order valence-electron chi connectivity index (χ4n) is 8.14. The van der Waals surface area contributed by atoms with Crippen LogP contribution >= 0.6 is 27.5 Å². The van der Waals surface area contributed by atoms with Gasteiger partial charge in [-0.2, -0.15) is 0 Å². The molecule has 2 aliphatic rings. The molecule has 7 heterocycles. The molecule has 0 spiro atoms. The van der Waals surface area contributed by atoms with Gasteiger partial charge in [0.15, 0.2) is 0 Å². The quantitative estimate of drug-likeness (QED) is 0.0288. The van der Waals surface area contributed by atoms with Crippen LogP contribution in [-0.2, 0) is 47.3 Å². The molecule has 0 saturated carbocycles. The molecule has 2 amide bonds. The molecule has 0 unspecified atom stereocenters. The van der Waals surface area contributed by atoms with E-state index in [1.165, 1.54) is 35.7 Å². The molecule has 0 bridgehead atoms. The number of esters is 2. The molecule has 2 aromatic carbocycles. The van der Waals surface area contributed by atoms with E-state index in [-0.39, 0.29) is 155 Å². The number of aliphatic hydroxyl groups excluding tert-OH is 1. The molecule has 494 valence electrons. The summed E-state index contributed by atoms with van der Waals surface area (Å²) in [5, 5.41) is 20.4. The normalized spacial score (nSPS) is 13.0. The van der Waals surface area contributed by atoms with Crippen molar-refractivity contribution >= 4 is 111 Å². The zero-order valence-electron chi connectivity index (χ0n) is 51.7. The van der Waals surface area contributed by atoms with Crippen molar-refractivity contribution in [1.82, 2.24) is 29.0 Å². The summed E-state index contributed by atoms with van der Waals surface area (Å²) < 4.78 is 24.9. The molecule has 7 N–H and O–H groups in total. The van der Waals surface area contributed by atoms with Crippen molar-refractivity contribution < 1.29 is 161 Å². The van der Waals surface area contributed by atoms with Crippen LogP contribution in [0.15, 0.2) is 130 Å². The van der Waals surface area contributed by atoms with Crippen LogP contribution in [0.3, 0.4) is 0 Å². The number of nitrogen functional groups attached to an aromatic ring is 1. The molecule has 29 heteroatoms. The first kappa shape index (κ1) is 86.2. The summed E-state index contributed by atoms with van der Waals surface area (Å²) in [7, 11) is 7.68. The average molecular weight is 1420 g/mol. The third-order valence-corrected chi connectivity index (χ3v) is 14.2. The number of nitrogens with two attached hydrogens (primary N) is 1. The molecule has 0 atom stereocenters. The first-order valence-electron chi connectivity index (χ1n) is 27.0. The Kier molecular flexibility index (Phi) is 40.3. The van der Waals surface area contributed by atoms with Crippen molar-refractivity contribution in [2.75, 3.05) is 61.4 Å². The Hall–Kier alpha value is -4.81. The number of piperidine rings is 1. The van der Waals surface area contributed by atoms with Crippen LogP contribution in [0, 0.1) is 134 Å². The fraction of sp³-hybridized carbons (Fsp3) is 0.323. The number of hydrogen-bond donors (Lipinski definition) is 6. The zero-order chi connectivity index (χ0) is 64.6. The van der Waals surface area contributed by atoms with Gasteiger partial charge >= 0.3 is 19.1 Å². The second-order valence-corrected chi connectivity index (χ2v) is 21.7. The van der Waals surface area contributed by atoms with Gasteiger partial charge in [0.2, 0.25) is 18.6 Å². The summed E-state index contributed by atoms with van der Waals surface area (Å²) in [6.07, 6.45) is 11.2. The van der Waals surface area contributed by atoms with Gasteiger partial charge in [-0.25, -0.2) is 24.5 Å². The van der Waals surface area contributed by atoms with Gasteiger partial charge in [0.05, 0.1) is 42.7 Å². The van der Waals surface area contributed by atoms with Gasteiger partial charge < -0.3 is 64.9 Å². The minimum Gasteiger partial charge on any atom is -0.465 e. The predicted molar refractivity (Wildman–Crippen MR) is 351 cm³/mol. The largest absolute Gasteiger partial charge is 0.495 e. The number of likely N-dealkylation sites (tertiary alicyclic amines) is 1. The minimum absolute atomic E-state index is 0. The maximum atomic E-state index is 12.5. The molecule has 0 aliphatic carbocycles. The second-order valence-electron chi connectivity index (χ2n) is 20.6. The second kappa shape index (κ2) is 42.5. The third kappa shape index (κ3) is 26.8. The molecule has 91 heavy (non-hydrogen) atoms. The van der Waals surface area contributed by atoms with Crippen LogP contribution in [0.2, 0.25) is 0 Å². The van der Waals surface area contributed by atoms with Crippen LogP contribution in [-0.4, -0.2) is 123 Å². The summed E-state index contributed by atoms with van der Waals surface area (Å²) in [5.41, 5.74) is 13.1. The Labute approximate surface area is 635 Å². The summed E-state index contributed by atoms with van der Waals surface area (Å²) in [5.74, 6) is 0.823. The van der Waals surface area contributed by atoms with E-state index in [1.807, 2.05) is 97.0 Å². The Bertz CT molecular complexity index is 3540. The number of carbonyl (C=O) groups is 5. The number of nitrogens with zero attached hydrogens (tertiary/aromatic N) is 6. The summed E-state index contributed by atoms with van der Waals surface area (Å²) in [4.78, 5) is 90.8. The van der Waals surface area contributed by atoms with Gasteiger partial charge in [0, 0.05) is 193 Å². The Morgan fingerprint density at radius 3 is 1.60 bits per heavy atom. The van der Waals surface area contributed by atoms with E-state index in [2.05, 4.69) is 85.2 Å². The van der Waals surface area contributed by atoms with E-state index in [1.54, 1.807) is 69.1 Å². The van der Waals surface area contributed by atoms with E-state index in [0.717, 1.165) is 75.1 Å². The zero-order valence-corrected chi connectivity index (χ0v) is 56.2. The predicted octanol–water partition coefficient (Wildman–Crippen LogP) is 8.89. The molecule has 2 aliphatic heterocycles. The van der Waals surface area contributed by atoms with Gasteiger partial charge in [0.25, 0.3) is 11.1 Å². The van der Waals surface area contributed by atoms with Gasteiger partial charge in [-0.1, -0.05) is 37.8 Å². The molecule has 7 aromatic rings. The van der Waals surface area contributed by atoms with E-state index >= 15 is 0 Å². The third-order valence-electron chi connectivity index (χ3n) is 13.8. The number of nitrogens with one attached hydrogen (secondary N) is 4. The van der Waals surface area contributed by atoms with E-state index in [0.29, 0.717) is 52.8 Å². The molecule has 2 fully saturated rings. The molecular formula is C62H78Ar3BBrClN11O12. The van der Waals surface area contributed by atoms with E-state index < -0.39 is 19.1 Å². The van der Waals surface area contributed by atoms with E-state index in [4.69, 9.17) is 24.9 Å². The maximum Gasteiger partial charge on any atom is 0.495 e. The number of methoxy groups -OCH3 is 2. The van der Waals surface area contributed by atoms with Crippen molar-refractivity contribution in [2.45, 2.75) is 86.0 Å². The molecule has 5 aromatic heterocycles. The number of aromatic nitrogens is 5. The molecule has 23 nitrogen and oxygen atoms in total. The van der Waals surface area contributed by atoms with Crippen molar-refractivity contribution in [2.24, 2.45) is 14.1 Å². The fourth-order valence-corrected chi connectivity index (χ4v) is 8.67. The smallest absolute Gasteiger partial charge is 0.465 e. The number of benzene rings is 2. The number of carbonyl (C=O) groups excluding carboxylic acids is 5. The Balaban J connectivity index is 0.00000113. The number of aryl methyl sites for hydroxylation is 3. The standard InChI is InChI=1S/C20H20N4O2.C14H20BNO3.C13H12BrN3O3.C7H8N2O2.C6H13NO.CHClO.CH4.3Ar/c1-13-7-8-19(21-10-13)23-18-9-15(11-24(3)20(18)26)16-5-4-6-17(14(16)2)22-12-25;1-10-11(7-6-8-12(10)16-9-17)15-18-13(2,3)14(4,5)19-15;1-17-7-9(14)5-10(12(17)18)16-11-4-3-8(6-15-11)13(19)20-2;1-11-7(10)5-2-3-6(8)9-4-5;1-7-4-2-6(8)3-5-7;2-1-3;;;;/h4-12H,1-3H3,(H,21,23)(H,22,25);6-9H,1-5H3,(H,16,17);3-7H,1-2H3,(H,15,16);2-4H,1H3,(H2,8,9);6,8H,2-5H2,1H3;1H;1H4;;;. The van der Waals surface area contributed by atoms with Crippen LogP contribution < -0.4 is 43.6 Å². The molecule has 2 saturated heterocycles. The molecule has 9 rings (SSSR count). The SMILES string of the molecule is C.CN1CCC(O)CC1.COC(=O)c1ccc(N)nc1.COC(=O)c1ccc(Nc2cc(Br)cn(C)c2=O)nc1.Cc1c(NC=O)cccc1B1OC(C)(C)C(C)(C)O1.Cc1ccc(Nc2cc(-c3cccc(NC=O)c3C)cn(C)c2=O)nc1.O=CCl.[Ar].[Ar].[Ar]. The Morgan fingerprint density at radius 1 is 0.692 bits per heavy atom. The van der Waals surface area contributed by atoms with Crippen LogP contribution in [0.5, 0.6) is 0 Å². The van der Waals surface area contributed by atoms with Crippen molar-refractivity contribution in [3.8, 4) is 11.1 Å². The van der Waals surface area contributed by atoms with Gasteiger partial charge in [-0.3, -0.25) is 24.0 Å². The van der Waals surface area contributed by atoms with Crippen molar-refractivity contribution in [1.29, 1.82) is 0 Å². The maximum absolute atomic E-state index is 12.5. The first-order valence-corrected chi connectivity index (χ1v) is 28.2. The number of pyridine rings is 5. The molecule has 0 radical (unpaired) electrons. The van der Waals surface area contributed by atoms with Gasteiger partial charge in [0.1, 0.15) is 28.8 Å². The summed E-state index contributed by atoms with van der Waals surface area (Å²) >= 11 is 7.64. The van der Waals surface area contributed by atoms with Gasteiger partial charge in [-0.05, 0) is 178 Å². The first-order chi connectivity index (χ1) is 41.2. The number of ether oxygens (including phenoxy) is 2. The van der Waals surface area contributed by atoms with Crippen molar-refractivity contribution in [3.63, 3.8) is 0 Å². The number of halogens is 2. The Morgan fingerprint density at radius 2 is 1.15 bits per heavy atom. The summed E-state index contributed by atoms with van der Waals surface area (Å²) in [6.45, 7) is 16.0. The average Bonchev–Trinajstić information content (AvgIpc) is 2.93. The minimum atomic E-state index is -0.456. The summed E-state index contributed by atoms with van der Waals surface area (Å²) in [6, 6.07) is 24.9. The van der Waals surface area contributed by atoms with Crippen molar-refractivity contribution in [3.05, 3.63) is 169 Å². The van der Waals surface area contributed by atoms with Gasteiger partial charge in [-0.15, -0.1) is 0 Å². The number of aliphatic hydroxyl groups is 1. The number of rotatable bonds is 12. The number of amides is 2. The topological polar surface area (TPSA) is 303 Å².